The number of hydrogen-bond acceptors (Lipinski definition) is 5. The minimum Gasteiger partial charge on any atom is -0.390 e. The molecular formula is C20H28F3N3O3S. The largest absolute Gasteiger partial charge is 0.433 e. The minimum absolute atomic E-state index is 0.0832. The van der Waals surface area contributed by atoms with Crippen LogP contribution in [0, 0.1) is 0 Å². The van der Waals surface area contributed by atoms with E-state index in [4.69, 9.17) is 0 Å². The number of piperazine rings is 1. The van der Waals surface area contributed by atoms with Gasteiger partial charge in [0.25, 0.3) is 0 Å². The molecule has 1 aliphatic heterocycles. The summed E-state index contributed by atoms with van der Waals surface area (Å²) >= 11 is 0. The molecule has 2 heterocycles. The van der Waals surface area contributed by atoms with Crippen LogP contribution in [0.5, 0.6) is 0 Å². The molecular weight excluding hydrogens is 419 g/mol. The number of nitrogens with zero attached hydrogens (tertiary/aromatic N) is 3. The highest BCUT2D eigenvalue weighted by Crippen LogP contribution is 2.45. The molecule has 0 bridgehead atoms. The molecule has 1 aromatic rings. The van der Waals surface area contributed by atoms with Crippen LogP contribution < -0.4 is 0 Å². The Kier molecular flexibility index (Phi) is 5.66. The van der Waals surface area contributed by atoms with E-state index < -0.39 is 27.5 Å². The van der Waals surface area contributed by atoms with E-state index in [9.17, 15) is 26.7 Å². The summed E-state index contributed by atoms with van der Waals surface area (Å²) in [5.74, 6) is -0.143. The highest BCUT2D eigenvalue weighted by molar-refractivity contribution is 7.89. The van der Waals surface area contributed by atoms with Crippen LogP contribution in [0.2, 0.25) is 0 Å². The molecule has 2 saturated carbocycles. The monoisotopic (exact) mass is 447 g/mol. The zero-order valence-electron chi connectivity index (χ0n) is 17.0. The van der Waals surface area contributed by atoms with E-state index >= 15 is 0 Å². The van der Waals surface area contributed by atoms with Gasteiger partial charge in [-0.05, 0) is 63.0 Å². The van der Waals surface area contributed by atoms with Crippen molar-refractivity contribution in [2.24, 2.45) is 0 Å². The van der Waals surface area contributed by atoms with E-state index in [2.05, 4.69) is 9.88 Å². The second kappa shape index (κ2) is 7.72. The average molecular weight is 448 g/mol. The van der Waals surface area contributed by atoms with Gasteiger partial charge in [0.15, 0.2) is 0 Å². The summed E-state index contributed by atoms with van der Waals surface area (Å²) in [5.41, 5.74) is -1.41. The number of pyridine rings is 1. The van der Waals surface area contributed by atoms with Gasteiger partial charge in [0.2, 0.25) is 10.0 Å². The van der Waals surface area contributed by atoms with Gasteiger partial charge in [-0.2, -0.15) is 17.5 Å². The van der Waals surface area contributed by atoms with Crippen LogP contribution in [0.4, 0.5) is 13.2 Å². The van der Waals surface area contributed by atoms with Gasteiger partial charge in [-0.1, -0.05) is 0 Å². The topological polar surface area (TPSA) is 73.7 Å². The summed E-state index contributed by atoms with van der Waals surface area (Å²) in [4.78, 5) is 5.61. The van der Waals surface area contributed by atoms with Crippen molar-refractivity contribution < 1.29 is 26.7 Å². The molecule has 4 rings (SSSR count). The molecule has 3 aliphatic rings. The average Bonchev–Trinajstić information content (AvgIpc) is 3.52. The summed E-state index contributed by atoms with van der Waals surface area (Å²) in [5, 5.41) is 10.1. The molecule has 1 N–H and O–H groups in total. The van der Waals surface area contributed by atoms with Gasteiger partial charge in [-0.25, -0.2) is 8.42 Å². The summed E-state index contributed by atoms with van der Waals surface area (Å²) < 4.78 is 67.0. The summed E-state index contributed by atoms with van der Waals surface area (Å²) in [7, 11) is -3.90. The van der Waals surface area contributed by atoms with Crippen molar-refractivity contribution in [1.29, 1.82) is 0 Å². The lowest BCUT2D eigenvalue weighted by Crippen LogP contribution is -2.53. The van der Waals surface area contributed by atoms with Gasteiger partial charge >= 0.3 is 6.18 Å². The fourth-order valence-electron chi connectivity index (χ4n) is 4.58. The standard InChI is InChI=1S/C20H28F3N3O3S/c1-19(27)6-4-15(5-7-19)25-8-10-26(11-9-25)30(28,29)17-13-24-18(20(21,22)23)12-16(17)14-2-3-14/h12-15,27H,2-11H2,1H3. The molecule has 10 heteroatoms. The highest BCUT2D eigenvalue weighted by Gasteiger charge is 2.40. The first kappa shape index (κ1) is 22.0. The first-order valence-corrected chi connectivity index (χ1v) is 12.0. The maximum atomic E-state index is 13.2. The fraction of sp³-hybridized carbons (Fsp3) is 0.750. The van der Waals surface area contributed by atoms with Crippen LogP contribution in [0.1, 0.15) is 62.6 Å². The SMILES string of the molecule is CC1(O)CCC(N2CCN(S(=O)(=O)c3cnc(C(F)(F)F)cc3C3CC3)CC2)CC1. The Balaban J connectivity index is 1.47. The second-order valence-electron chi connectivity index (χ2n) is 9.05. The summed E-state index contributed by atoms with van der Waals surface area (Å²) in [6, 6.07) is 1.25. The zero-order valence-corrected chi connectivity index (χ0v) is 17.8. The Hall–Kier alpha value is -1.23. The fourth-order valence-corrected chi connectivity index (χ4v) is 6.21. The molecule has 0 spiro atoms. The van der Waals surface area contributed by atoms with Gasteiger partial charge in [0.1, 0.15) is 10.6 Å². The number of rotatable bonds is 4. The second-order valence-corrected chi connectivity index (χ2v) is 11.0. The van der Waals surface area contributed by atoms with Crippen molar-refractivity contribution in [1.82, 2.24) is 14.2 Å². The van der Waals surface area contributed by atoms with Crippen molar-refractivity contribution in [3.63, 3.8) is 0 Å². The third-order valence-electron chi connectivity index (χ3n) is 6.64. The molecule has 1 saturated heterocycles. The van der Waals surface area contributed by atoms with E-state index in [0.717, 1.165) is 37.9 Å². The number of halogens is 3. The quantitative estimate of drug-likeness (QED) is 0.768. The Labute approximate surface area is 175 Å². The number of sulfonamides is 1. The Morgan fingerprint density at radius 2 is 1.70 bits per heavy atom. The third kappa shape index (κ3) is 4.51. The maximum absolute atomic E-state index is 13.2. The number of aliphatic hydroxyl groups is 1. The number of alkyl halides is 3. The van der Waals surface area contributed by atoms with Crippen LogP contribution in [-0.2, 0) is 16.2 Å². The Bertz CT molecular complexity index is 882. The number of aromatic nitrogens is 1. The van der Waals surface area contributed by atoms with E-state index in [1.807, 2.05) is 6.92 Å². The van der Waals surface area contributed by atoms with Crippen LogP contribution in [0.15, 0.2) is 17.2 Å². The lowest BCUT2D eigenvalue weighted by Gasteiger charge is -2.43. The maximum Gasteiger partial charge on any atom is 0.433 e. The van der Waals surface area contributed by atoms with Gasteiger partial charge in [-0.3, -0.25) is 9.88 Å². The normalized spacial score (nSPS) is 29.8. The van der Waals surface area contributed by atoms with Gasteiger partial charge < -0.3 is 5.11 Å². The van der Waals surface area contributed by atoms with Crippen molar-refractivity contribution in [3.8, 4) is 0 Å². The molecule has 0 atom stereocenters. The first-order chi connectivity index (χ1) is 14.0. The van der Waals surface area contributed by atoms with Gasteiger partial charge in [0.05, 0.1) is 5.60 Å². The lowest BCUT2D eigenvalue weighted by molar-refractivity contribution is -0.141. The Morgan fingerprint density at radius 1 is 1.10 bits per heavy atom. The first-order valence-electron chi connectivity index (χ1n) is 10.5. The molecule has 0 amide bonds. The summed E-state index contributed by atoms with van der Waals surface area (Å²) in [6.45, 7) is 3.63. The smallest absolute Gasteiger partial charge is 0.390 e. The third-order valence-corrected chi connectivity index (χ3v) is 8.59. The molecule has 0 unspecified atom stereocenters. The van der Waals surface area contributed by atoms with Crippen LogP contribution >= 0.6 is 0 Å². The molecule has 3 fully saturated rings. The molecule has 168 valence electrons. The van der Waals surface area contributed by atoms with Crippen molar-refractivity contribution in [2.75, 3.05) is 26.2 Å². The number of hydrogen-bond donors (Lipinski definition) is 1. The van der Waals surface area contributed by atoms with E-state index in [1.54, 1.807) is 0 Å². The molecule has 0 radical (unpaired) electrons. The van der Waals surface area contributed by atoms with Crippen LogP contribution in [0.25, 0.3) is 0 Å². The molecule has 2 aliphatic carbocycles. The predicted molar refractivity (Wildman–Crippen MR) is 104 cm³/mol. The van der Waals surface area contributed by atoms with Crippen molar-refractivity contribution in [3.05, 3.63) is 23.5 Å². The summed E-state index contributed by atoms with van der Waals surface area (Å²) in [6.07, 6.45) is 0.925. The van der Waals surface area contributed by atoms with E-state index in [1.165, 1.54) is 4.31 Å². The van der Waals surface area contributed by atoms with Crippen LogP contribution in [0.3, 0.4) is 0 Å². The van der Waals surface area contributed by atoms with Crippen LogP contribution in [-0.4, -0.2) is 65.5 Å². The minimum atomic E-state index is -4.60. The van der Waals surface area contributed by atoms with Crippen molar-refractivity contribution in [2.45, 2.75) is 74.1 Å². The zero-order chi connectivity index (χ0) is 21.7. The van der Waals surface area contributed by atoms with E-state index in [-0.39, 0.29) is 16.4 Å². The molecule has 1 aromatic heterocycles. The Morgan fingerprint density at radius 3 is 2.23 bits per heavy atom. The van der Waals surface area contributed by atoms with Gasteiger partial charge in [-0.15, -0.1) is 0 Å². The van der Waals surface area contributed by atoms with Crippen molar-refractivity contribution >= 4 is 10.0 Å². The van der Waals surface area contributed by atoms with Gasteiger partial charge in [0, 0.05) is 38.4 Å². The highest BCUT2D eigenvalue weighted by atomic mass is 32.2. The predicted octanol–water partition coefficient (Wildman–Crippen LogP) is 2.98. The lowest BCUT2D eigenvalue weighted by atomic mass is 9.83. The van der Waals surface area contributed by atoms with E-state index in [0.29, 0.717) is 45.1 Å². The molecule has 30 heavy (non-hydrogen) atoms. The molecule has 6 nitrogen and oxygen atoms in total. The molecule has 0 aromatic carbocycles.